The molecule has 0 saturated heterocycles. The highest BCUT2D eigenvalue weighted by molar-refractivity contribution is 5.43. The Balaban J connectivity index is 1.60. The first-order valence-corrected chi connectivity index (χ1v) is 6.84. The molecule has 1 aliphatic carbocycles. The van der Waals surface area contributed by atoms with Crippen molar-refractivity contribution in [1.29, 1.82) is 0 Å². The Morgan fingerprint density at radius 1 is 1.17 bits per heavy atom. The molecule has 0 radical (unpaired) electrons. The third kappa shape index (κ3) is 2.78. The largest absolute Gasteiger partial charge is 0.490 e. The number of fused-ring (bicyclic) bond motifs is 1. The van der Waals surface area contributed by atoms with Gasteiger partial charge in [-0.2, -0.15) is 0 Å². The van der Waals surface area contributed by atoms with Gasteiger partial charge in [0, 0.05) is 19.5 Å². The summed E-state index contributed by atoms with van der Waals surface area (Å²) in [6.45, 7) is 5.87. The van der Waals surface area contributed by atoms with Crippen LogP contribution in [0.15, 0.2) is 18.2 Å². The molecule has 0 aromatic heterocycles. The quantitative estimate of drug-likeness (QED) is 0.887. The molecule has 3 heteroatoms. The minimum Gasteiger partial charge on any atom is -0.490 e. The predicted molar refractivity (Wildman–Crippen MR) is 71.1 cm³/mol. The van der Waals surface area contributed by atoms with Gasteiger partial charge in [-0.3, -0.25) is 0 Å². The van der Waals surface area contributed by atoms with Crippen LogP contribution >= 0.6 is 0 Å². The number of rotatable bonds is 4. The highest BCUT2D eigenvalue weighted by Crippen LogP contribution is 2.44. The highest BCUT2D eigenvalue weighted by Gasteiger charge is 2.36. The zero-order valence-corrected chi connectivity index (χ0v) is 11.0. The Morgan fingerprint density at radius 2 is 1.94 bits per heavy atom. The van der Waals surface area contributed by atoms with E-state index in [2.05, 4.69) is 24.4 Å². The second-order valence-corrected chi connectivity index (χ2v) is 5.75. The number of hydrogen-bond donors (Lipinski definition) is 1. The molecule has 3 nitrogen and oxygen atoms in total. The van der Waals surface area contributed by atoms with E-state index in [1.54, 1.807) is 0 Å². The molecule has 3 rings (SSSR count). The molecule has 2 aliphatic rings. The fourth-order valence-electron chi connectivity index (χ4n) is 2.22. The molecule has 0 unspecified atom stereocenters. The molecule has 0 spiro atoms. The maximum atomic E-state index is 5.70. The standard InChI is InChI=1S/C15H21NO2/c1-15(5-6-15)11-16-10-12-3-4-13-14(9-12)18-8-2-7-17-13/h3-4,9,16H,2,5-8,10-11H2,1H3. The van der Waals surface area contributed by atoms with Crippen LogP contribution in [-0.4, -0.2) is 19.8 Å². The van der Waals surface area contributed by atoms with Gasteiger partial charge in [0.2, 0.25) is 0 Å². The summed E-state index contributed by atoms with van der Waals surface area (Å²) in [7, 11) is 0. The average molecular weight is 247 g/mol. The van der Waals surface area contributed by atoms with Gasteiger partial charge in [-0.25, -0.2) is 0 Å². The molecule has 0 amide bonds. The summed E-state index contributed by atoms with van der Waals surface area (Å²) >= 11 is 0. The number of nitrogens with one attached hydrogen (secondary N) is 1. The lowest BCUT2D eigenvalue weighted by molar-refractivity contribution is 0.297. The van der Waals surface area contributed by atoms with Crippen LogP contribution in [0.2, 0.25) is 0 Å². The van der Waals surface area contributed by atoms with Crippen molar-refractivity contribution in [3.63, 3.8) is 0 Å². The third-order valence-corrected chi connectivity index (χ3v) is 3.80. The van der Waals surface area contributed by atoms with Crippen molar-refractivity contribution in [2.24, 2.45) is 5.41 Å². The van der Waals surface area contributed by atoms with Crippen LogP contribution in [-0.2, 0) is 6.54 Å². The van der Waals surface area contributed by atoms with Crippen LogP contribution in [0.1, 0.15) is 31.7 Å². The van der Waals surface area contributed by atoms with E-state index in [0.29, 0.717) is 5.41 Å². The Morgan fingerprint density at radius 3 is 2.72 bits per heavy atom. The molecule has 1 aliphatic heterocycles. The Hall–Kier alpha value is -1.22. The van der Waals surface area contributed by atoms with Crippen molar-refractivity contribution in [3.05, 3.63) is 23.8 Å². The van der Waals surface area contributed by atoms with Gasteiger partial charge >= 0.3 is 0 Å². The number of hydrogen-bond acceptors (Lipinski definition) is 3. The lowest BCUT2D eigenvalue weighted by Crippen LogP contribution is -2.21. The van der Waals surface area contributed by atoms with Crippen LogP contribution < -0.4 is 14.8 Å². The topological polar surface area (TPSA) is 30.5 Å². The fraction of sp³-hybridized carbons (Fsp3) is 0.600. The third-order valence-electron chi connectivity index (χ3n) is 3.80. The minimum atomic E-state index is 0.561. The molecule has 1 heterocycles. The Bertz CT molecular complexity index is 427. The van der Waals surface area contributed by atoms with Gasteiger partial charge in [0.25, 0.3) is 0 Å². The van der Waals surface area contributed by atoms with E-state index in [-0.39, 0.29) is 0 Å². The van der Waals surface area contributed by atoms with Crippen LogP contribution in [0.3, 0.4) is 0 Å². The maximum Gasteiger partial charge on any atom is 0.161 e. The van der Waals surface area contributed by atoms with E-state index >= 15 is 0 Å². The van der Waals surface area contributed by atoms with Gasteiger partial charge in [0.1, 0.15) is 0 Å². The number of benzene rings is 1. The molecule has 1 saturated carbocycles. The van der Waals surface area contributed by atoms with Gasteiger partial charge in [0.05, 0.1) is 13.2 Å². The first kappa shape index (κ1) is 11.8. The molecule has 0 atom stereocenters. The fourth-order valence-corrected chi connectivity index (χ4v) is 2.22. The Kier molecular flexibility index (Phi) is 3.16. The van der Waals surface area contributed by atoms with Crippen molar-refractivity contribution >= 4 is 0 Å². The van der Waals surface area contributed by atoms with E-state index < -0.39 is 0 Å². The van der Waals surface area contributed by atoms with Crippen molar-refractivity contribution < 1.29 is 9.47 Å². The highest BCUT2D eigenvalue weighted by atomic mass is 16.5. The average Bonchev–Trinajstić information content (AvgIpc) is 3.12. The van der Waals surface area contributed by atoms with Gasteiger partial charge < -0.3 is 14.8 Å². The molecule has 1 fully saturated rings. The summed E-state index contributed by atoms with van der Waals surface area (Å²) in [5.74, 6) is 1.77. The van der Waals surface area contributed by atoms with Crippen LogP contribution in [0.25, 0.3) is 0 Å². The maximum absolute atomic E-state index is 5.70. The van der Waals surface area contributed by atoms with Gasteiger partial charge in [-0.15, -0.1) is 0 Å². The zero-order valence-electron chi connectivity index (χ0n) is 11.0. The molecular formula is C15H21NO2. The minimum absolute atomic E-state index is 0.561. The van der Waals surface area contributed by atoms with E-state index in [1.807, 2.05) is 6.07 Å². The molecule has 1 N–H and O–H groups in total. The normalized spacial score (nSPS) is 20.3. The van der Waals surface area contributed by atoms with Crippen LogP contribution in [0.5, 0.6) is 11.5 Å². The second kappa shape index (κ2) is 4.81. The summed E-state index contributed by atoms with van der Waals surface area (Å²) in [5.41, 5.74) is 1.83. The van der Waals surface area contributed by atoms with Gasteiger partial charge in [-0.1, -0.05) is 13.0 Å². The van der Waals surface area contributed by atoms with E-state index in [9.17, 15) is 0 Å². The summed E-state index contributed by atoms with van der Waals surface area (Å²) < 4.78 is 11.3. The second-order valence-electron chi connectivity index (χ2n) is 5.75. The SMILES string of the molecule is CC1(CNCc2ccc3c(c2)OCCCO3)CC1. The van der Waals surface area contributed by atoms with Crippen molar-refractivity contribution in [1.82, 2.24) is 5.32 Å². The van der Waals surface area contributed by atoms with Crippen molar-refractivity contribution in [2.75, 3.05) is 19.8 Å². The molecule has 0 bridgehead atoms. The van der Waals surface area contributed by atoms with Gasteiger partial charge in [0.15, 0.2) is 11.5 Å². The smallest absolute Gasteiger partial charge is 0.161 e. The van der Waals surface area contributed by atoms with Crippen LogP contribution in [0, 0.1) is 5.41 Å². The van der Waals surface area contributed by atoms with E-state index in [1.165, 1.54) is 18.4 Å². The molecule has 98 valence electrons. The van der Waals surface area contributed by atoms with Crippen molar-refractivity contribution in [2.45, 2.75) is 32.7 Å². The molecule has 18 heavy (non-hydrogen) atoms. The predicted octanol–water partition coefficient (Wildman–Crippen LogP) is 2.74. The molecule has 1 aromatic rings. The first-order valence-electron chi connectivity index (χ1n) is 6.84. The monoisotopic (exact) mass is 247 g/mol. The zero-order chi connectivity index (χ0) is 12.4. The van der Waals surface area contributed by atoms with Crippen LogP contribution in [0.4, 0.5) is 0 Å². The van der Waals surface area contributed by atoms with E-state index in [4.69, 9.17) is 9.47 Å². The van der Waals surface area contributed by atoms with Crippen molar-refractivity contribution in [3.8, 4) is 11.5 Å². The summed E-state index contributed by atoms with van der Waals surface area (Å²) in [5, 5.41) is 3.53. The Labute approximate surface area is 108 Å². The van der Waals surface area contributed by atoms with Gasteiger partial charge in [-0.05, 0) is 36.0 Å². The molecular weight excluding hydrogens is 226 g/mol. The lowest BCUT2D eigenvalue weighted by atomic mass is 10.1. The first-order chi connectivity index (χ1) is 8.75. The molecule has 1 aromatic carbocycles. The van der Waals surface area contributed by atoms with E-state index in [0.717, 1.165) is 44.2 Å². The summed E-state index contributed by atoms with van der Waals surface area (Å²) in [6.07, 6.45) is 3.68. The lowest BCUT2D eigenvalue weighted by Gasteiger charge is -2.12. The summed E-state index contributed by atoms with van der Waals surface area (Å²) in [4.78, 5) is 0. The number of ether oxygens (including phenoxy) is 2. The summed E-state index contributed by atoms with van der Waals surface area (Å²) in [6, 6.07) is 6.25.